The van der Waals surface area contributed by atoms with E-state index in [0.717, 1.165) is 11.3 Å². The Bertz CT molecular complexity index is 515. The zero-order valence-corrected chi connectivity index (χ0v) is 13.8. The van der Waals surface area contributed by atoms with Gasteiger partial charge in [-0.15, -0.1) is 0 Å². The molecule has 6 heteroatoms. The van der Waals surface area contributed by atoms with E-state index in [1.54, 1.807) is 18.2 Å². The molecule has 1 aromatic rings. The number of anilines is 1. The molecule has 108 valence electrons. The quantitative estimate of drug-likeness (QED) is 0.767. The molecule has 0 saturated carbocycles. The first-order valence-electron chi connectivity index (χ1n) is 6.20. The minimum atomic E-state index is -3.29. The minimum Gasteiger partial charge on any atom is -0.494 e. The van der Waals surface area contributed by atoms with Crippen molar-refractivity contribution in [2.45, 2.75) is 26.1 Å². The average Bonchev–Trinajstić information content (AvgIpc) is 2.29. The van der Waals surface area contributed by atoms with Crippen LogP contribution in [0.5, 0.6) is 5.75 Å². The van der Waals surface area contributed by atoms with E-state index in [1.807, 2.05) is 20.8 Å². The summed E-state index contributed by atoms with van der Waals surface area (Å²) in [6.07, 6.45) is 0. The molecule has 1 N–H and O–H groups in total. The Morgan fingerprint density at radius 1 is 1.37 bits per heavy atom. The van der Waals surface area contributed by atoms with Gasteiger partial charge >= 0.3 is 0 Å². The molecule has 0 aliphatic carbocycles. The summed E-state index contributed by atoms with van der Waals surface area (Å²) in [5.74, 6) is 0.978. The Balaban J connectivity index is 2.91. The summed E-state index contributed by atoms with van der Waals surface area (Å²) >= 11 is 3.38. The molecule has 0 radical (unpaired) electrons. The van der Waals surface area contributed by atoms with Crippen LogP contribution in [0.25, 0.3) is 0 Å². The summed E-state index contributed by atoms with van der Waals surface area (Å²) < 4.78 is 31.8. The summed E-state index contributed by atoms with van der Waals surface area (Å²) in [5, 5.41) is 0.613. The Hall–Kier alpha value is -0.750. The molecule has 0 saturated heterocycles. The van der Waals surface area contributed by atoms with Gasteiger partial charge in [0.25, 0.3) is 0 Å². The molecule has 0 spiro atoms. The summed E-state index contributed by atoms with van der Waals surface area (Å²) in [6.45, 7) is 6.25. The van der Waals surface area contributed by atoms with Crippen LogP contribution in [0.3, 0.4) is 0 Å². The Morgan fingerprint density at radius 3 is 2.58 bits per heavy atom. The van der Waals surface area contributed by atoms with Gasteiger partial charge in [0.15, 0.2) is 0 Å². The summed E-state index contributed by atoms with van der Waals surface area (Å²) in [5.41, 5.74) is 1.49. The van der Waals surface area contributed by atoms with Gasteiger partial charge in [-0.2, -0.15) is 0 Å². The summed E-state index contributed by atoms with van der Waals surface area (Å²) in [7, 11) is -3.29. The number of hydrogen-bond acceptors (Lipinski definition) is 3. The minimum absolute atomic E-state index is 0.0934. The smallest absolute Gasteiger partial charge is 0.232 e. The zero-order chi connectivity index (χ0) is 14.5. The molecule has 0 aliphatic heterocycles. The van der Waals surface area contributed by atoms with Crippen molar-refractivity contribution < 1.29 is 13.2 Å². The second-order valence-corrected chi connectivity index (χ2v) is 6.99. The van der Waals surface area contributed by atoms with Crippen molar-refractivity contribution >= 4 is 31.6 Å². The van der Waals surface area contributed by atoms with Crippen molar-refractivity contribution in [2.24, 2.45) is 5.92 Å². The van der Waals surface area contributed by atoms with Crippen LogP contribution in [0.4, 0.5) is 5.69 Å². The first kappa shape index (κ1) is 16.3. The molecular formula is C13H20BrNO3S. The van der Waals surface area contributed by atoms with Gasteiger partial charge in [0.05, 0.1) is 12.4 Å². The maximum absolute atomic E-state index is 11.9. The normalized spacial score (nSPS) is 11.6. The lowest BCUT2D eigenvalue weighted by molar-refractivity contribution is 0.338. The topological polar surface area (TPSA) is 55.4 Å². The van der Waals surface area contributed by atoms with Crippen molar-refractivity contribution in [3.05, 3.63) is 23.8 Å². The standard InChI is InChI=1S/C13H20BrNO3S/c1-4-18-13-6-5-12(7-11(13)8-14)15-19(16,17)9-10(2)3/h5-7,10,15H,4,8-9H2,1-3H3. The van der Waals surface area contributed by atoms with E-state index >= 15 is 0 Å². The number of halogens is 1. The summed E-state index contributed by atoms with van der Waals surface area (Å²) in [6, 6.07) is 5.29. The molecular weight excluding hydrogens is 330 g/mol. The Kier molecular flexibility index (Phi) is 6.13. The van der Waals surface area contributed by atoms with Crippen molar-refractivity contribution in [1.82, 2.24) is 0 Å². The average molecular weight is 350 g/mol. The molecule has 0 aliphatic rings. The van der Waals surface area contributed by atoms with Crippen molar-refractivity contribution in [3.8, 4) is 5.75 Å². The van der Waals surface area contributed by atoms with Crippen LogP contribution in [0.15, 0.2) is 18.2 Å². The van der Waals surface area contributed by atoms with Crippen LogP contribution >= 0.6 is 15.9 Å². The number of hydrogen-bond donors (Lipinski definition) is 1. The highest BCUT2D eigenvalue weighted by molar-refractivity contribution is 9.08. The fraction of sp³-hybridized carbons (Fsp3) is 0.538. The Labute approximate surface area is 123 Å². The SMILES string of the molecule is CCOc1ccc(NS(=O)(=O)CC(C)C)cc1CBr. The number of rotatable bonds is 7. The van der Waals surface area contributed by atoms with E-state index in [-0.39, 0.29) is 11.7 Å². The van der Waals surface area contributed by atoms with E-state index in [9.17, 15) is 8.42 Å². The summed E-state index contributed by atoms with van der Waals surface area (Å²) in [4.78, 5) is 0. The van der Waals surface area contributed by atoms with E-state index in [0.29, 0.717) is 17.6 Å². The maximum atomic E-state index is 11.9. The van der Waals surface area contributed by atoms with Crippen LogP contribution in [-0.4, -0.2) is 20.8 Å². The molecule has 0 heterocycles. The van der Waals surface area contributed by atoms with Crippen LogP contribution < -0.4 is 9.46 Å². The predicted octanol–water partition coefficient (Wildman–Crippen LogP) is 3.38. The highest BCUT2D eigenvalue weighted by Crippen LogP contribution is 2.25. The van der Waals surface area contributed by atoms with E-state index in [4.69, 9.17) is 4.74 Å². The van der Waals surface area contributed by atoms with E-state index < -0.39 is 10.0 Å². The number of alkyl halides is 1. The molecule has 0 atom stereocenters. The van der Waals surface area contributed by atoms with Gasteiger partial charge in [-0.05, 0) is 31.0 Å². The molecule has 0 fully saturated rings. The predicted molar refractivity (Wildman–Crippen MR) is 82.5 cm³/mol. The molecule has 19 heavy (non-hydrogen) atoms. The van der Waals surface area contributed by atoms with Crippen LogP contribution in [0, 0.1) is 5.92 Å². The molecule has 1 aromatic carbocycles. The van der Waals surface area contributed by atoms with Crippen LogP contribution in [-0.2, 0) is 15.4 Å². The van der Waals surface area contributed by atoms with Gasteiger partial charge in [-0.3, -0.25) is 4.72 Å². The lowest BCUT2D eigenvalue weighted by Gasteiger charge is -2.13. The lowest BCUT2D eigenvalue weighted by Crippen LogP contribution is -2.20. The van der Waals surface area contributed by atoms with Crippen LogP contribution in [0.1, 0.15) is 26.3 Å². The van der Waals surface area contributed by atoms with E-state index in [1.165, 1.54) is 0 Å². The number of ether oxygens (including phenoxy) is 1. The fourth-order valence-electron chi connectivity index (χ4n) is 1.70. The second-order valence-electron chi connectivity index (χ2n) is 4.67. The number of sulfonamides is 1. The highest BCUT2D eigenvalue weighted by atomic mass is 79.9. The van der Waals surface area contributed by atoms with Crippen LogP contribution in [0.2, 0.25) is 0 Å². The number of nitrogens with one attached hydrogen (secondary N) is 1. The number of benzene rings is 1. The lowest BCUT2D eigenvalue weighted by atomic mass is 10.2. The maximum Gasteiger partial charge on any atom is 0.232 e. The van der Waals surface area contributed by atoms with E-state index in [2.05, 4.69) is 20.7 Å². The molecule has 0 bridgehead atoms. The third-order valence-electron chi connectivity index (χ3n) is 2.33. The Morgan fingerprint density at radius 2 is 2.05 bits per heavy atom. The highest BCUT2D eigenvalue weighted by Gasteiger charge is 2.14. The van der Waals surface area contributed by atoms with Gasteiger partial charge < -0.3 is 4.74 Å². The molecule has 0 amide bonds. The largest absolute Gasteiger partial charge is 0.494 e. The third kappa shape index (κ3) is 5.40. The van der Waals surface area contributed by atoms with Gasteiger partial charge in [-0.1, -0.05) is 29.8 Å². The molecule has 0 aromatic heterocycles. The third-order valence-corrected chi connectivity index (χ3v) is 4.59. The second kappa shape index (κ2) is 7.14. The zero-order valence-electron chi connectivity index (χ0n) is 11.4. The van der Waals surface area contributed by atoms with Gasteiger partial charge in [-0.25, -0.2) is 8.42 Å². The first-order chi connectivity index (χ1) is 8.88. The van der Waals surface area contributed by atoms with Gasteiger partial charge in [0.1, 0.15) is 5.75 Å². The monoisotopic (exact) mass is 349 g/mol. The van der Waals surface area contributed by atoms with Crippen molar-refractivity contribution in [2.75, 3.05) is 17.1 Å². The van der Waals surface area contributed by atoms with Gasteiger partial charge in [0, 0.05) is 16.6 Å². The van der Waals surface area contributed by atoms with Crippen molar-refractivity contribution in [1.29, 1.82) is 0 Å². The fourth-order valence-corrected chi connectivity index (χ4v) is 3.59. The van der Waals surface area contributed by atoms with Gasteiger partial charge in [0.2, 0.25) is 10.0 Å². The van der Waals surface area contributed by atoms with Crippen molar-refractivity contribution in [3.63, 3.8) is 0 Å². The molecule has 1 rings (SSSR count). The molecule has 0 unspecified atom stereocenters. The first-order valence-corrected chi connectivity index (χ1v) is 8.97. The molecule has 4 nitrogen and oxygen atoms in total.